The highest BCUT2D eigenvalue weighted by Crippen LogP contribution is 2.76. The van der Waals surface area contributed by atoms with Crippen molar-refractivity contribution in [1.29, 1.82) is 0 Å². The van der Waals surface area contributed by atoms with Crippen molar-refractivity contribution in [3.63, 3.8) is 0 Å². The summed E-state index contributed by atoms with van der Waals surface area (Å²) in [6, 6.07) is 0. The second-order valence-corrected chi connectivity index (χ2v) is 22.9. The van der Waals surface area contributed by atoms with Gasteiger partial charge in [-0.25, -0.2) is 0 Å². The lowest BCUT2D eigenvalue weighted by Crippen LogP contribution is -2.67. The maximum Gasteiger partial charge on any atom is 0.310 e. The fraction of sp³-hybridized carbons (Fsp3) is 0.936. The summed E-state index contributed by atoms with van der Waals surface area (Å²) in [5, 5.41) is 109. The molecule has 0 bridgehead atoms. The molecule has 23 atom stereocenters. The Bertz CT molecular complexity index is 1750. The van der Waals surface area contributed by atoms with E-state index in [1.165, 1.54) is 12.5 Å². The van der Waals surface area contributed by atoms with Crippen molar-refractivity contribution in [2.75, 3.05) is 19.8 Å². The van der Waals surface area contributed by atoms with Gasteiger partial charge in [0.15, 0.2) is 18.9 Å². The topological polar surface area (TPSA) is 275 Å². The minimum Gasteiger partial charge on any atom is -0.481 e. The lowest BCUT2D eigenvalue weighted by molar-refractivity contribution is -0.382. The third kappa shape index (κ3) is 7.58. The molecule has 4 saturated carbocycles. The molecule has 366 valence electrons. The molecular formula is C47H76O17. The molecule has 7 fully saturated rings. The van der Waals surface area contributed by atoms with Crippen molar-refractivity contribution in [3.05, 3.63) is 11.6 Å². The highest BCUT2D eigenvalue weighted by atomic mass is 16.8. The van der Waals surface area contributed by atoms with Crippen LogP contribution in [0, 0.1) is 50.2 Å². The third-order valence-electron chi connectivity index (χ3n) is 19.0. The molecule has 0 aromatic carbocycles. The standard InChI is InChI=1S/C47H76O17/c1-22-30(51)33(54)37(64-38-34(55)31(52)25(49)20-59-38)40(61-22)63-36-32(53)26(19-48)62-39(35(36)56)60-21-44(5)27-10-13-46(7)28(43(27,4)12-11-29(44)50)9-8-23-24-18-42(2,3)14-16-47(24,41(57)58)17-15-45(23,46)6/h8,22,24-40,48-56H,9-21H2,1-7H3,(H,57,58)/t22-,24?,25+,26-,27?,28?,29?,30-,31-,32-,33-,34-,35-,36+,37-,38+,39-,40+,43?,44+,45-,46?,47?/m1/s1. The largest absolute Gasteiger partial charge is 0.481 e. The number of aliphatic carboxylic acids is 1. The van der Waals surface area contributed by atoms with Gasteiger partial charge in [-0.1, -0.05) is 53.2 Å². The van der Waals surface area contributed by atoms with Crippen LogP contribution in [0.15, 0.2) is 11.6 Å². The summed E-state index contributed by atoms with van der Waals surface area (Å²) in [4.78, 5) is 13.1. The molecule has 3 aliphatic heterocycles. The van der Waals surface area contributed by atoms with Crippen LogP contribution in [0.1, 0.15) is 113 Å². The molecule has 5 aliphatic carbocycles. The first-order valence-electron chi connectivity index (χ1n) is 23.7. The van der Waals surface area contributed by atoms with Gasteiger partial charge < -0.3 is 79.5 Å². The highest BCUT2D eigenvalue weighted by Gasteiger charge is 2.70. The van der Waals surface area contributed by atoms with Gasteiger partial charge in [0.2, 0.25) is 0 Å². The Morgan fingerprint density at radius 1 is 0.734 bits per heavy atom. The number of carboxylic acids is 1. The number of carboxylic acid groups (broad SMARTS) is 1. The number of rotatable bonds is 9. The van der Waals surface area contributed by atoms with E-state index >= 15 is 0 Å². The van der Waals surface area contributed by atoms with Crippen molar-refractivity contribution >= 4 is 5.97 Å². The van der Waals surface area contributed by atoms with Gasteiger partial charge in [0.1, 0.15) is 61.0 Å². The predicted molar refractivity (Wildman–Crippen MR) is 225 cm³/mol. The van der Waals surface area contributed by atoms with E-state index in [0.29, 0.717) is 19.3 Å². The number of aliphatic hydroxyl groups is 9. The minimum atomic E-state index is -1.76. The Balaban J connectivity index is 1.02. The summed E-state index contributed by atoms with van der Waals surface area (Å²) >= 11 is 0. The third-order valence-corrected chi connectivity index (χ3v) is 19.0. The first-order chi connectivity index (χ1) is 29.9. The fourth-order valence-electron chi connectivity index (χ4n) is 14.7. The van der Waals surface area contributed by atoms with Crippen LogP contribution in [0.5, 0.6) is 0 Å². The zero-order valence-electron chi connectivity index (χ0n) is 38.5. The molecular weight excluding hydrogens is 837 g/mol. The van der Waals surface area contributed by atoms with Gasteiger partial charge in [0, 0.05) is 5.41 Å². The van der Waals surface area contributed by atoms with Crippen molar-refractivity contribution in [3.8, 4) is 0 Å². The molecule has 0 spiro atoms. The Morgan fingerprint density at radius 2 is 1.42 bits per heavy atom. The summed E-state index contributed by atoms with van der Waals surface area (Å²) < 4.78 is 35.6. The average molecular weight is 913 g/mol. The van der Waals surface area contributed by atoms with E-state index in [0.717, 1.165) is 44.9 Å². The molecule has 8 aliphatic rings. The van der Waals surface area contributed by atoms with Gasteiger partial charge in [-0.3, -0.25) is 4.79 Å². The molecule has 17 nitrogen and oxygen atoms in total. The molecule has 10 N–H and O–H groups in total. The number of carbonyl (C=O) groups is 1. The molecule has 0 aromatic rings. The Morgan fingerprint density at radius 3 is 2.11 bits per heavy atom. The molecule has 8 rings (SSSR count). The zero-order chi connectivity index (χ0) is 46.7. The van der Waals surface area contributed by atoms with Crippen molar-refractivity contribution in [2.45, 2.75) is 205 Å². The number of hydrogen-bond acceptors (Lipinski definition) is 16. The van der Waals surface area contributed by atoms with E-state index in [-0.39, 0.29) is 46.0 Å². The van der Waals surface area contributed by atoms with Gasteiger partial charge in [-0.15, -0.1) is 0 Å². The van der Waals surface area contributed by atoms with Crippen LogP contribution < -0.4 is 0 Å². The number of hydrogen-bond donors (Lipinski definition) is 10. The molecule has 0 aromatic heterocycles. The van der Waals surface area contributed by atoms with Crippen LogP contribution in [0.4, 0.5) is 0 Å². The van der Waals surface area contributed by atoms with Crippen molar-refractivity contribution in [2.24, 2.45) is 50.2 Å². The Labute approximate surface area is 376 Å². The van der Waals surface area contributed by atoms with Crippen LogP contribution in [0.25, 0.3) is 0 Å². The minimum absolute atomic E-state index is 0.00962. The highest BCUT2D eigenvalue weighted by molar-refractivity contribution is 5.76. The summed E-state index contributed by atoms with van der Waals surface area (Å²) in [5.41, 5.74) is -0.703. The smallest absolute Gasteiger partial charge is 0.310 e. The molecule has 3 saturated heterocycles. The van der Waals surface area contributed by atoms with Crippen LogP contribution in [-0.2, 0) is 33.2 Å². The van der Waals surface area contributed by atoms with Gasteiger partial charge >= 0.3 is 5.97 Å². The van der Waals surface area contributed by atoms with Gasteiger partial charge in [-0.05, 0) is 111 Å². The second kappa shape index (κ2) is 17.2. The molecule has 0 amide bonds. The van der Waals surface area contributed by atoms with Gasteiger partial charge in [0.25, 0.3) is 0 Å². The summed E-state index contributed by atoms with van der Waals surface area (Å²) in [6.07, 6.45) is -12.2. The predicted octanol–water partition coefficient (Wildman–Crippen LogP) is 1.35. The van der Waals surface area contributed by atoms with Gasteiger partial charge in [-0.2, -0.15) is 0 Å². The maximum absolute atomic E-state index is 13.1. The first-order valence-corrected chi connectivity index (χ1v) is 23.7. The second-order valence-electron chi connectivity index (χ2n) is 22.9. The van der Waals surface area contributed by atoms with Crippen LogP contribution in [0.2, 0.25) is 0 Å². The lowest BCUT2D eigenvalue weighted by Gasteiger charge is -2.71. The molecule has 7 unspecified atom stereocenters. The van der Waals surface area contributed by atoms with E-state index < -0.39 is 122 Å². The number of fused-ring (bicyclic) bond motifs is 7. The summed E-state index contributed by atoms with van der Waals surface area (Å²) in [5.74, 6) is -0.442. The average Bonchev–Trinajstić information content (AvgIpc) is 3.24. The molecule has 17 heteroatoms. The Hall–Kier alpha value is -1.39. The van der Waals surface area contributed by atoms with E-state index in [1.807, 2.05) is 6.92 Å². The lowest BCUT2D eigenvalue weighted by atomic mass is 9.33. The monoisotopic (exact) mass is 913 g/mol. The Kier molecular flexibility index (Phi) is 13.2. The van der Waals surface area contributed by atoms with E-state index in [1.54, 1.807) is 0 Å². The maximum atomic E-state index is 13.1. The normalized spacial score (nSPS) is 55.0. The number of aliphatic hydroxyl groups excluding tert-OH is 9. The van der Waals surface area contributed by atoms with E-state index in [2.05, 4.69) is 40.7 Å². The quantitative estimate of drug-likeness (QED) is 0.146. The fourth-order valence-corrected chi connectivity index (χ4v) is 14.7. The van der Waals surface area contributed by atoms with Crippen LogP contribution in [-0.4, -0.2) is 169 Å². The number of allylic oxidation sites excluding steroid dienone is 2. The van der Waals surface area contributed by atoms with Crippen LogP contribution in [0.3, 0.4) is 0 Å². The van der Waals surface area contributed by atoms with Gasteiger partial charge in [0.05, 0.1) is 37.4 Å². The van der Waals surface area contributed by atoms with E-state index in [9.17, 15) is 55.9 Å². The van der Waals surface area contributed by atoms with Crippen molar-refractivity contribution in [1.82, 2.24) is 0 Å². The van der Waals surface area contributed by atoms with E-state index in [4.69, 9.17) is 28.4 Å². The number of ether oxygens (including phenoxy) is 6. The SMILES string of the molecule is C[C@H]1O[C@@H](O[C@@H]2[C@@H](O)[C@H](OC[C@]3(C)C(O)CCC4(C)C5CC=C6C7CC(C)(C)CCC7(C(=O)O)CC[C@@]6(C)C5(C)CCC43)O[C@H](CO)[C@H]2O)[C@H](O[C@@H]2OC[C@H](O)[C@@H](O)[C@H]2O)[C@H](O)[C@@H]1O. The summed E-state index contributed by atoms with van der Waals surface area (Å²) in [7, 11) is 0. The van der Waals surface area contributed by atoms with Crippen molar-refractivity contribution < 1.29 is 84.3 Å². The van der Waals surface area contributed by atoms with Crippen LogP contribution >= 0.6 is 0 Å². The molecule has 0 radical (unpaired) electrons. The molecule has 3 heterocycles. The summed E-state index contributed by atoms with van der Waals surface area (Å²) in [6.45, 7) is 14.1. The first kappa shape index (κ1) is 49.0. The zero-order valence-corrected chi connectivity index (χ0v) is 38.5. The molecule has 64 heavy (non-hydrogen) atoms.